The van der Waals surface area contributed by atoms with Gasteiger partial charge in [0.15, 0.2) is 5.82 Å². The number of nitrogens with zero attached hydrogens (tertiary/aromatic N) is 3. The van der Waals surface area contributed by atoms with Crippen molar-refractivity contribution >= 4 is 38.8 Å². The van der Waals surface area contributed by atoms with Gasteiger partial charge in [-0.25, -0.2) is 9.97 Å². The Bertz CT molecular complexity index is 752. The van der Waals surface area contributed by atoms with Crippen LogP contribution in [0.2, 0.25) is 5.15 Å². The standard InChI is InChI=1S/C16H16ClN3S/c1-3-20(12-6-4-11(2)5-7-12)10-14-18-15(17)13-8-9-21-16(13)19-14/h4-9H,3,10H2,1-2H3. The molecule has 5 heteroatoms. The molecule has 0 radical (unpaired) electrons. The third-order valence-electron chi connectivity index (χ3n) is 3.44. The van der Waals surface area contributed by atoms with E-state index in [1.807, 2.05) is 11.4 Å². The first-order valence-electron chi connectivity index (χ1n) is 6.88. The van der Waals surface area contributed by atoms with Crippen LogP contribution >= 0.6 is 22.9 Å². The van der Waals surface area contributed by atoms with E-state index in [0.717, 1.165) is 22.6 Å². The highest BCUT2D eigenvalue weighted by atomic mass is 35.5. The molecular formula is C16H16ClN3S. The van der Waals surface area contributed by atoms with E-state index in [1.54, 1.807) is 11.3 Å². The molecule has 3 nitrogen and oxygen atoms in total. The number of benzene rings is 1. The fraction of sp³-hybridized carbons (Fsp3) is 0.250. The second kappa shape index (κ2) is 6.00. The van der Waals surface area contributed by atoms with E-state index in [-0.39, 0.29) is 0 Å². The SMILES string of the molecule is CCN(Cc1nc(Cl)c2ccsc2n1)c1ccc(C)cc1. The average Bonchev–Trinajstić information content (AvgIpc) is 2.95. The Morgan fingerprint density at radius 2 is 1.90 bits per heavy atom. The van der Waals surface area contributed by atoms with Crippen LogP contribution in [-0.4, -0.2) is 16.5 Å². The highest BCUT2D eigenvalue weighted by Crippen LogP contribution is 2.25. The maximum Gasteiger partial charge on any atom is 0.151 e. The van der Waals surface area contributed by atoms with Gasteiger partial charge in [0.05, 0.1) is 6.54 Å². The van der Waals surface area contributed by atoms with E-state index in [9.17, 15) is 0 Å². The normalized spacial score (nSPS) is 11.0. The first-order valence-corrected chi connectivity index (χ1v) is 8.14. The predicted octanol–water partition coefficient (Wildman–Crippen LogP) is 4.68. The van der Waals surface area contributed by atoms with Gasteiger partial charge in [0.2, 0.25) is 0 Å². The first-order chi connectivity index (χ1) is 10.2. The lowest BCUT2D eigenvalue weighted by molar-refractivity contribution is 0.786. The van der Waals surface area contributed by atoms with Crippen LogP contribution in [0.15, 0.2) is 35.7 Å². The molecule has 0 spiro atoms. The summed E-state index contributed by atoms with van der Waals surface area (Å²) >= 11 is 7.83. The van der Waals surface area contributed by atoms with Crippen LogP contribution in [0.1, 0.15) is 18.3 Å². The van der Waals surface area contributed by atoms with Gasteiger partial charge in [-0.1, -0.05) is 29.3 Å². The van der Waals surface area contributed by atoms with E-state index >= 15 is 0 Å². The Labute approximate surface area is 133 Å². The topological polar surface area (TPSA) is 29.0 Å². The molecule has 0 fully saturated rings. The molecule has 0 aliphatic rings. The monoisotopic (exact) mass is 317 g/mol. The summed E-state index contributed by atoms with van der Waals surface area (Å²) in [7, 11) is 0. The Kier molecular flexibility index (Phi) is 4.08. The number of aryl methyl sites for hydroxylation is 1. The molecule has 2 aromatic heterocycles. The summed E-state index contributed by atoms with van der Waals surface area (Å²) in [5.74, 6) is 0.761. The van der Waals surface area contributed by atoms with Gasteiger partial charge in [0.25, 0.3) is 0 Å². The van der Waals surface area contributed by atoms with Crippen molar-refractivity contribution in [3.05, 3.63) is 52.3 Å². The maximum absolute atomic E-state index is 6.23. The summed E-state index contributed by atoms with van der Waals surface area (Å²) in [5.41, 5.74) is 2.43. The molecule has 0 saturated carbocycles. The third kappa shape index (κ3) is 3.01. The molecule has 0 aliphatic carbocycles. The minimum Gasteiger partial charge on any atom is -0.364 e. The molecule has 0 bridgehead atoms. The van der Waals surface area contributed by atoms with Gasteiger partial charge < -0.3 is 4.90 Å². The molecule has 3 aromatic rings. The van der Waals surface area contributed by atoms with E-state index in [4.69, 9.17) is 11.6 Å². The van der Waals surface area contributed by atoms with Crippen LogP contribution in [0.25, 0.3) is 10.2 Å². The fourth-order valence-electron chi connectivity index (χ4n) is 2.24. The minimum atomic E-state index is 0.538. The second-order valence-electron chi connectivity index (χ2n) is 4.92. The lowest BCUT2D eigenvalue weighted by Gasteiger charge is -2.22. The zero-order valence-corrected chi connectivity index (χ0v) is 13.6. The Morgan fingerprint density at radius 1 is 1.14 bits per heavy atom. The zero-order chi connectivity index (χ0) is 14.8. The van der Waals surface area contributed by atoms with Gasteiger partial charge in [0.1, 0.15) is 9.98 Å². The molecule has 108 valence electrons. The van der Waals surface area contributed by atoms with E-state index < -0.39 is 0 Å². The van der Waals surface area contributed by atoms with Gasteiger partial charge in [-0.3, -0.25) is 0 Å². The Balaban J connectivity index is 1.89. The van der Waals surface area contributed by atoms with Gasteiger partial charge in [-0.2, -0.15) is 0 Å². The molecule has 0 unspecified atom stereocenters. The van der Waals surface area contributed by atoms with Crippen molar-refractivity contribution in [2.45, 2.75) is 20.4 Å². The summed E-state index contributed by atoms with van der Waals surface area (Å²) in [5, 5.41) is 3.46. The number of hydrogen-bond donors (Lipinski definition) is 0. The van der Waals surface area contributed by atoms with Gasteiger partial charge in [-0.05, 0) is 37.4 Å². The predicted molar refractivity (Wildman–Crippen MR) is 90.3 cm³/mol. The van der Waals surface area contributed by atoms with Crippen molar-refractivity contribution in [1.29, 1.82) is 0 Å². The Morgan fingerprint density at radius 3 is 2.62 bits per heavy atom. The molecule has 0 saturated heterocycles. The summed E-state index contributed by atoms with van der Waals surface area (Å²) in [6, 6.07) is 10.5. The number of halogens is 1. The molecular weight excluding hydrogens is 302 g/mol. The van der Waals surface area contributed by atoms with Crippen molar-refractivity contribution in [3.63, 3.8) is 0 Å². The molecule has 0 N–H and O–H groups in total. The van der Waals surface area contributed by atoms with Crippen LogP contribution in [0, 0.1) is 6.92 Å². The maximum atomic E-state index is 6.23. The number of fused-ring (bicyclic) bond motifs is 1. The zero-order valence-electron chi connectivity index (χ0n) is 12.0. The lowest BCUT2D eigenvalue weighted by Crippen LogP contribution is -2.23. The lowest BCUT2D eigenvalue weighted by atomic mass is 10.2. The van der Waals surface area contributed by atoms with Crippen LogP contribution in [0.3, 0.4) is 0 Å². The van der Waals surface area contributed by atoms with Crippen LogP contribution < -0.4 is 4.90 Å². The molecule has 0 atom stereocenters. The van der Waals surface area contributed by atoms with Gasteiger partial charge >= 0.3 is 0 Å². The van der Waals surface area contributed by atoms with E-state index in [1.165, 1.54) is 11.3 Å². The molecule has 3 rings (SSSR count). The van der Waals surface area contributed by atoms with Crippen molar-refractivity contribution in [2.75, 3.05) is 11.4 Å². The smallest absolute Gasteiger partial charge is 0.151 e. The highest BCUT2D eigenvalue weighted by molar-refractivity contribution is 7.16. The summed E-state index contributed by atoms with van der Waals surface area (Å²) in [6.07, 6.45) is 0. The summed E-state index contributed by atoms with van der Waals surface area (Å²) < 4.78 is 0. The van der Waals surface area contributed by atoms with E-state index in [2.05, 4.69) is 53.0 Å². The first kappa shape index (κ1) is 14.3. The number of hydrogen-bond acceptors (Lipinski definition) is 4. The third-order valence-corrected chi connectivity index (χ3v) is 4.53. The van der Waals surface area contributed by atoms with E-state index in [0.29, 0.717) is 11.7 Å². The number of aromatic nitrogens is 2. The highest BCUT2D eigenvalue weighted by Gasteiger charge is 2.11. The molecule has 2 heterocycles. The molecule has 0 aliphatic heterocycles. The quantitative estimate of drug-likeness (QED) is 0.654. The largest absolute Gasteiger partial charge is 0.364 e. The molecule has 0 amide bonds. The number of thiophene rings is 1. The van der Waals surface area contributed by atoms with Crippen LogP contribution in [0.5, 0.6) is 0 Å². The number of anilines is 1. The fourth-order valence-corrected chi connectivity index (χ4v) is 3.33. The van der Waals surface area contributed by atoms with Crippen molar-refractivity contribution < 1.29 is 0 Å². The van der Waals surface area contributed by atoms with Crippen molar-refractivity contribution in [3.8, 4) is 0 Å². The van der Waals surface area contributed by atoms with Gasteiger partial charge in [-0.15, -0.1) is 11.3 Å². The van der Waals surface area contributed by atoms with Gasteiger partial charge in [0, 0.05) is 17.6 Å². The van der Waals surface area contributed by atoms with Crippen molar-refractivity contribution in [2.24, 2.45) is 0 Å². The molecule has 1 aromatic carbocycles. The minimum absolute atomic E-state index is 0.538. The summed E-state index contributed by atoms with van der Waals surface area (Å²) in [4.78, 5) is 12.2. The van der Waals surface area contributed by atoms with Crippen LogP contribution in [0.4, 0.5) is 5.69 Å². The van der Waals surface area contributed by atoms with Crippen LogP contribution in [-0.2, 0) is 6.54 Å². The molecule has 21 heavy (non-hydrogen) atoms. The average molecular weight is 318 g/mol. The van der Waals surface area contributed by atoms with Crippen molar-refractivity contribution in [1.82, 2.24) is 9.97 Å². The number of rotatable bonds is 4. The Hall–Kier alpha value is -1.65. The summed E-state index contributed by atoms with van der Waals surface area (Å²) in [6.45, 7) is 5.78. The second-order valence-corrected chi connectivity index (χ2v) is 6.17.